The Morgan fingerprint density at radius 2 is 1.88 bits per heavy atom. The third-order valence-electron chi connectivity index (χ3n) is 2.34. The van der Waals surface area contributed by atoms with Gasteiger partial charge in [-0.05, 0) is 26.0 Å². The maximum absolute atomic E-state index is 11.9. The van der Waals surface area contributed by atoms with Gasteiger partial charge < -0.3 is 5.73 Å². The van der Waals surface area contributed by atoms with E-state index in [1.807, 2.05) is 19.1 Å². The molecule has 0 spiro atoms. The van der Waals surface area contributed by atoms with Gasteiger partial charge >= 0.3 is 0 Å². The summed E-state index contributed by atoms with van der Waals surface area (Å²) in [6, 6.07) is 7.08. The summed E-state index contributed by atoms with van der Waals surface area (Å²) in [7, 11) is -3.41. The van der Waals surface area contributed by atoms with Crippen LogP contribution in [0.1, 0.15) is 12.5 Å². The number of hydrogen-bond donors (Lipinski definition) is 2. The van der Waals surface area contributed by atoms with E-state index in [4.69, 9.17) is 11.1 Å². The van der Waals surface area contributed by atoms with E-state index in [1.165, 1.54) is 0 Å². The van der Waals surface area contributed by atoms with Gasteiger partial charge in [0.1, 0.15) is 5.84 Å². The minimum absolute atomic E-state index is 0.0197. The van der Waals surface area contributed by atoms with Crippen molar-refractivity contribution in [2.24, 2.45) is 5.73 Å². The minimum atomic E-state index is -3.41. The Bertz CT molecular complexity index is 494. The highest BCUT2D eigenvalue weighted by molar-refractivity contribution is 7.92. The second-order valence-corrected chi connectivity index (χ2v) is 5.95. The molecule has 0 saturated carbocycles. The Morgan fingerprint density at radius 1 is 1.35 bits per heavy atom. The quantitative estimate of drug-likeness (QED) is 0.610. The van der Waals surface area contributed by atoms with E-state index in [9.17, 15) is 8.42 Å². The summed E-state index contributed by atoms with van der Waals surface area (Å²) in [6.45, 7) is 3.38. The van der Waals surface area contributed by atoms with E-state index in [0.717, 1.165) is 9.87 Å². The van der Waals surface area contributed by atoms with Crippen LogP contribution in [0.2, 0.25) is 0 Å². The van der Waals surface area contributed by atoms with Gasteiger partial charge in [-0.3, -0.25) is 9.71 Å². The summed E-state index contributed by atoms with van der Waals surface area (Å²) in [4.78, 5) is 0. The number of nitrogens with zero attached hydrogens (tertiary/aromatic N) is 1. The predicted octanol–water partition coefficient (Wildman–Crippen LogP) is 1.09. The first-order chi connectivity index (χ1) is 7.86. The van der Waals surface area contributed by atoms with Crippen LogP contribution in [-0.4, -0.2) is 26.6 Å². The van der Waals surface area contributed by atoms with Crippen molar-refractivity contribution in [2.75, 3.05) is 16.6 Å². The molecule has 0 heterocycles. The van der Waals surface area contributed by atoms with Crippen molar-refractivity contribution in [3.63, 3.8) is 0 Å². The predicted molar refractivity (Wildman–Crippen MR) is 69.9 cm³/mol. The molecule has 0 aromatic heterocycles. The lowest BCUT2D eigenvalue weighted by molar-refractivity contribution is 0.594. The molecule has 1 rings (SSSR count). The highest BCUT2D eigenvalue weighted by Crippen LogP contribution is 2.18. The second kappa shape index (κ2) is 5.18. The zero-order chi connectivity index (χ0) is 13.1. The van der Waals surface area contributed by atoms with Gasteiger partial charge in [0.25, 0.3) is 0 Å². The maximum Gasteiger partial charge on any atom is 0.235 e. The maximum atomic E-state index is 11.9. The molecule has 94 valence electrons. The summed E-state index contributed by atoms with van der Waals surface area (Å²) in [5.41, 5.74) is 6.87. The molecular weight excluding hydrogens is 238 g/mol. The average molecular weight is 255 g/mol. The lowest BCUT2D eigenvalue weighted by Gasteiger charge is -2.23. The molecule has 0 atom stereocenters. The summed E-state index contributed by atoms with van der Waals surface area (Å²) >= 11 is 0. The van der Waals surface area contributed by atoms with Crippen LogP contribution in [0.3, 0.4) is 0 Å². The van der Waals surface area contributed by atoms with Gasteiger partial charge in [0, 0.05) is 0 Å². The monoisotopic (exact) mass is 255 g/mol. The molecule has 0 aliphatic carbocycles. The van der Waals surface area contributed by atoms with Crippen LogP contribution in [0.4, 0.5) is 5.69 Å². The molecule has 0 unspecified atom stereocenters. The highest BCUT2D eigenvalue weighted by atomic mass is 32.2. The topological polar surface area (TPSA) is 87.2 Å². The first kappa shape index (κ1) is 13.5. The Labute approximate surface area is 102 Å². The molecule has 1 aromatic rings. The van der Waals surface area contributed by atoms with Crippen LogP contribution in [0.25, 0.3) is 0 Å². The number of rotatable bonds is 5. The molecule has 5 nitrogen and oxygen atoms in total. The number of nitrogens with one attached hydrogen (secondary N) is 1. The molecule has 17 heavy (non-hydrogen) atoms. The smallest absolute Gasteiger partial charge is 0.235 e. The summed E-state index contributed by atoms with van der Waals surface area (Å²) in [5.74, 6) is -0.198. The molecular formula is C11H17N3O2S. The van der Waals surface area contributed by atoms with Gasteiger partial charge in [-0.2, -0.15) is 0 Å². The van der Waals surface area contributed by atoms with Crippen molar-refractivity contribution in [1.82, 2.24) is 0 Å². The SMILES string of the molecule is CCS(=O)(=O)N(CC(=N)N)c1ccc(C)cc1. The number of amidine groups is 1. The molecule has 0 saturated heterocycles. The first-order valence-corrected chi connectivity index (χ1v) is 6.87. The molecule has 0 radical (unpaired) electrons. The second-order valence-electron chi connectivity index (χ2n) is 3.77. The Balaban J connectivity index is 3.15. The first-order valence-electron chi connectivity index (χ1n) is 5.27. The normalized spacial score (nSPS) is 11.2. The van der Waals surface area contributed by atoms with E-state index in [2.05, 4.69) is 0 Å². The molecule has 0 bridgehead atoms. The van der Waals surface area contributed by atoms with Crippen molar-refractivity contribution in [1.29, 1.82) is 5.41 Å². The van der Waals surface area contributed by atoms with E-state index < -0.39 is 10.0 Å². The highest BCUT2D eigenvalue weighted by Gasteiger charge is 2.20. The molecule has 0 aliphatic heterocycles. The number of aryl methyl sites for hydroxylation is 1. The van der Waals surface area contributed by atoms with E-state index in [1.54, 1.807) is 19.1 Å². The van der Waals surface area contributed by atoms with Gasteiger partial charge in [-0.15, -0.1) is 0 Å². The van der Waals surface area contributed by atoms with Crippen LogP contribution < -0.4 is 10.0 Å². The third-order valence-corrected chi connectivity index (χ3v) is 4.08. The lowest BCUT2D eigenvalue weighted by Crippen LogP contribution is -2.39. The van der Waals surface area contributed by atoms with Crippen molar-refractivity contribution < 1.29 is 8.42 Å². The third kappa shape index (κ3) is 3.45. The van der Waals surface area contributed by atoms with Crippen molar-refractivity contribution in [2.45, 2.75) is 13.8 Å². The lowest BCUT2D eigenvalue weighted by atomic mass is 10.2. The standard InChI is InChI=1S/C11H17N3O2S/c1-3-17(15,16)14(8-11(12)13)10-6-4-9(2)5-7-10/h4-7H,3,8H2,1-2H3,(H3,12,13). The van der Waals surface area contributed by atoms with Crippen molar-refractivity contribution in [3.05, 3.63) is 29.8 Å². The fraction of sp³-hybridized carbons (Fsp3) is 0.364. The average Bonchev–Trinajstić information content (AvgIpc) is 2.27. The number of benzene rings is 1. The molecule has 0 amide bonds. The fourth-order valence-corrected chi connectivity index (χ4v) is 2.46. The zero-order valence-corrected chi connectivity index (χ0v) is 10.8. The Kier molecular flexibility index (Phi) is 4.11. The summed E-state index contributed by atoms with van der Waals surface area (Å²) < 4.78 is 24.9. The Hall–Kier alpha value is -1.56. The zero-order valence-electron chi connectivity index (χ0n) is 9.97. The van der Waals surface area contributed by atoms with Crippen molar-refractivity contribution >= 4 is 21.5 Å². The van der Waals surface area contributed by atoms with Gasteiger partial charge in [-0.25, -0.2) is 8.42 Å². The van der Waals surface area contributed by atoms with Crippen LogP contribution in [0, 0.1) is 12.3 Å². The Morgan fingerprint density at radius 3 is 2.29 bits per heavy atom. The largest absolute Gasteiger partial charge is 0.386 e. The minimum Gasteiger partial charge on any atom is -0.386 e. The molecule has 3 N–H and O–H groups in total. The number of anilines is 1. The van der Waals surface area contributed by atoms with Crippen LogP contribution in [0.15, 0.2) is 24.3 Å². The van der Waals surface area contributed by atoms with Crippen LogP contribution >= 0.6 is 0 Å². The van der Waals surface area contributed by atoms with Crippen LogP contribution in [-0.2, 0) is 10.0 Å². The van der Waals surface area contributed by atoms with Crippen LogP contribution in [0.5, 0.6) is 0 Å². The van der Waals surface area contributed by atoms with Crippen molar-refractivity contribution in [3.8, 4) is 0 Å². The molecule has 0 fully saturated rings. The molecule has 0 aliphatic rings. The number of nitrogens with two attached hydrogens (primary N) is 1. The summed E-state index contributed by atoms with van der Waals surface area (Å²) in [5, 5.41) is 7.24. The van der Waals surface area contributed by atoms with Gasteiger partial charge in [-0.1, -0.05) is 17.7 Å². The van der Waals surface area contributed by atoms with Gasteiger partial charge in [0.2, 0.25) is 10.0 Å². The fourth-order valence-electron chi connectivity index (χ4n) is 1.37. The molecule has 6 heteroatoms. The van der Waals surface area contributed by atoms with E-state index in [0.29, 0.717) is 5.69 Å². The van der Waals surface area contributed by atoms with Gasteiger partial charge in [0.15, 0.2) is 0 Å². The molecule has 1 aromatic carbocycles. The number of hydrogen-bond acceptors (Lipinski definition) is 3. The number of sulfonamides is 1. The summed E-state index contributed by atoms with van der Waals surface area (Å²) in [6.07, 6.45) is 0. The van der Waals surface area contributed by atoms with E-state index >= 15 is 0 Å². The van der Waals surface area contributed by atoms with Gasteiger partial charge in [0.05, 0.1) is 18.0 Å². The van der Waals surface area contributed by atoms with E-state index in [-0.39, 0.29) is 18.1 Å².